The Bertz CT molecular complexity index is 233. The first-order valence-electron chi connectivity index (χ1n) is 11.4. The molecule has 0 aromatic rings. The first kappa shape index (κ1) is 36.9. The lowest BCUT2D eigenvalue weighted by Gasteiger charge is -2.26. The molecule has 0 radical (unpaired) electrons. The predicted octanol–water partition coefficient (Wildman–Crippen LogP) is 7.22. The summed E-state index contributed by atoms with van der Waals surface area (Å²) >= 11 is 0. The Morgan fingerprint density at radius 2 is 1.37 bits per heavy atom. The average molecular weight is 391 g/mol. The van der Waals surface area contributed by atoms with Crippen molar-refractivity contribution in [2.75, 3.05) is 26.7 Å². The molecular formula is C23H54N2O2. The van der Waals surface area contributed by atoms with Crippen LogP contribution in [0.3, 0.4) is 0 Å². The fourth-order valence-electron chi connectivity index (χ4n) is 1.75. The molecule has 1 aliphatic heterocycles. The summed E-state index contributed by atoms with van der Waals surface area (Å²) in [5.41, 5.74) is 1.04. The summed E-state index contributed by atoms with van der Waals surface area (Å²) in [6.45, 7) is 25.4. The summed E-state index contributed by atoms with van der Waals surface area (Å²) in [7, 11) is 2.20. The molecule has 1 aliphatic rings. The highest BCUT2D eigenvalue weighted by atomic mass is 16.6. The van der Waals surface area contributed by atoms with Crippen LogP contribution in [0.25, 0.3) is 0 Å². The molecule has 1 fully saturated rings. The maximum atomic E-state index is 9.86. The highest BCUT2D eigenvalue weighted by Gasteiger charge is 2.10. The van der Waals surface area contributed by atoms with Crippen LogP contribution in [0.2, 0.25) is 0 Å². The lowest BCUT2D eigenvalue weighted by Crippen LogP contribution is -2.28. The molecule has 4 heteroatoms. The number of piperidine rings is 1. The number of aldehydes is 1. The SMILES string of the molecule is CC.CC.CC.CC.CC1CCN(C)CC1.CCC(CC)=NOCCC=O. The molecule has 0 atom stereocenters. The van der Waals surface area contributed by atoms with Crippen LogP contribution < -0.4 is 0 Å². The van der Waals surface area contributed by atoms with E-state index in [1.54, 1.807) is 0 Å². The molecule has 0 unspecified atom stereocenters. The van der Waals surface area contributed by atoms with Crippen LogP contribution in [0.5, 0.6) is 0 Å². The third-order valence-corrected chi connectivity index (χ3v) is 3.34. The lowest BCUT2D eigenvalue weighted by atomic mass is 10.00. The van der Waals surface area contributed by atoms with Crippen molar-refractivity contribution in [3.8, 4) is 0 Å². The normalized spacial score (nSPS) is 12.3. The van der Waals surface area contributed by atoms with Crippen molar-refractivity contribution in [1.29, 1.82) is 0 Å². The second-order valence-electron chi connectivity index (χ2n) is 5.14. The van der Waals surface area contributed by atoms with Crippen LogP contribution in [0, 0.1) is 5.92 Å². The van der Waals surface area contributed by atoms with Gasteiger partial charge >= 0.3 is 0 Å². The summed E-state index contributed by atoms with van der Waals surface area (Å²) < 4.78 is 0. The van der Waals surface area contributed by atoms with Crippen LogP contribution in [0.4, 0.5) is 0 Å². The van der Waals surface area contributed by atoms with Gasteiger partial charge in [-0.05, 0) is 51.7 Å². The summed E-state index contributed by atoms with van der Waals surface area (Å²) in [5.74, 6) is 0.978. The minimum Gasteiger partial charge on any atom is -0.395 e. The van der Waals surface area contributed by atoms with E-state index in [-0.39, 0.29) is 0 Å². The molecule has 0 saturated carbocycles. The van der Waals surface area contributed by atoms with E-state index >= 15 is 0 Å². The smallest absolute Gasteiger partial charge is 0.123 e. The standard InChI is InChI=1S/C8H15NO2.C7H15N.4C2H6/c1-3-8(4-2)9-11-7-5-6-10;1-7-3-5-8(2)6-4-7;4*1-2/h6H,3-5,7H2,1-2H3;7H,3-6H2,1-2H3;4*1-2H3. The molecule has 4 nitrogen and oxygen atoms in total. The maximum absolute atomic E-state index is 9.86. The van der Waals surface area contributed by atoms with Gasteiger partial charge < -0.3 is 14.5 Å². The van der Waals surface area contributed by atoms with Crippen molar-refractivity contribution in [3.05, 3.63) is 0 Å². The number of oxime groups is 1. The van der Waals surface area contributed by atoms with E-state index in [0.717, 1.165) is 30.8 Å². The molecule has 0 aliphatic carbocycles. The minimum absolute atomic E-state index is 0.396. The van der Waals surface area contributed by atoms with Crippen LogP contribution in [-0.4, -0.2) is 43.6 Å². The number of nitrogens with zero attached hydrogens (tertiary/aromatic N) is 2. The monoisotopic (exact) mass is 390 g/mol. The van der Waals surface area contributed by atoms with E-state index in [9.17, 15) is 4.79 Å². The van der Waals surface area contributed by atoms with E-state index < -0.39 is 0 Å². The highest BCUT2D eigenvalue weighted by molar-refractivity contribution is 5.83. The van der Waals surface area contributed by atoms with Gasteiger partial charge in [-0.1, -0.05) is 81.3 Å². The Labute approximate surface area is 173 Å². The number of hydrogen-bond acceptors (Lipinski definition) is 4. The maximum Gasteiger partial charge on any atom is 0.123 e. The minimum atomic E-state index is 0.396. The molecule has 168 valence electrons. The van der Waals surface area contributed by atoms with Crippen molar-refractivity contribution < 1.29 is 9.63 Å². The van der Waals surface area contributed by atoms with E-state index in [0.29, 0.717) is 13.0 Å². The van der Waals surface area contributed by atoms with Crippen LogP contribution in [-0.2, 0) is 9.63 Å². The second-order valence-corrected chi connectivity index (χ2v) is 5.14. The summed E-state index contributed by atoms with van der Waals surface area (Å²) in [5, 5.41) is 3.86. The van der Waals surface area contributed by atoms with Crippen LogP contribution in [0.15, 0.2) is 5.16 Å². The van der Waals surface area contributed by atoms with Gasteiger partial charge in [-0.2, -0.15) is 0 Å². The molecule has 0 aromatic heterocycles. The Balaban J connectivity index is -0.0000000884. The molecule has 0 N–H and O–H groups in total. The first-order chi connectivity index (χ1) is 13.1. The third-order valence-electron chi connectivity index (χ3n) is 3.34. The predicted molar refractivity (Wildman–Crippen MR) is 126 cm³/mol. The molecule has 27 heavy (non-hydrogen) atoms. The number of likely N-dealkylation sites (tertiary alicyclic amines) is 1. The molecule has 1 heterocycles. The summed E-state index contributed by atoms with van der Waals surface area (Å²) in [6, 6.07) is 0. The van der Waals surface area contributed by atoms with Crippen molar-refractivity contribution in [1.82, 2.24) is 4.90 Å². The Morgan fingerprint density at radius 3 is 1.67 bits per heavy atom. The zero-order valence-electron chi connectivity index (χ0n) is 21.0. The molecule has 0 aromatic carbocycles. The van der Waals surface area contributed by atoms with E-state index in [1.165, 1.54) is 25.9 Å². The summed E-state index contributed by atoms with van der Waals surface area (Å²) in [6.07, 6.45) is 5.87. The van der Waals surface area contributed by atoms with Gasteiger partial charge in [-0.25, -0.2) is 0 Å². The molecule has 0 spiro atoms. The number of rotatable bonds is 6. The van der Waals surface area contributed by atoms with Crippen LogP contribution >= 0.6 is 0 Å². The largest absolute Gasteiger partial charge is 0.395 e. The van der Waals surface area contributed by atoms with Gasteiger partial charge in [0, 0.05) is 6.42 Å². The van der Waals surface area contributed by atoms with Crippen LogP contribution in [0.1, 0.15) is 108 Å². The molecule has 1 rings (SSSR count). The van der Waals surface area contributed by atoms with Gasteiger partial charge in [0.25, 0.3) is 0 Å². The fourth-order valence-corrected chi connectivity index (χ4v) is 1.75. The lowest BCUT2D eigenvalue weighted by molar-refractivity contribution is -0.108. The number of hydrogen-bond donors (Lipinski definition) is 0. The zero-order chi connectivity index (χ0) is 22.5. The quantitative estimate of drug-likeness (QED) is 0.208. The Kier molecular flexibility index (Phi) is 54.7. The molecule has 0 bridgehead atoms. The topological polar surface area (TPSA) is 41.9 Å². The van der Waals surface area contributed by atoms with Crippen molar-refractivity contribution >= 4 is 12.0 Å². The Morgan fingerprint density at radius 1 is 0.963 bits per heavy atom. The van der Waals surface area contributed by atoms with Crippen molar-refractivity contribution in [2.45, 2.75) is 108 Å². The summed E-state index contributed by atoms with van der Waals surface area (Å²) in [4.78, 5) is 17.1. The molecule has 1 saturated heterocycles. The molecule has 0 amide bonds. The second kappa shape index (κ2) is 40.0. The Hall–Kier alpha value is -0.900. The zero-order valence-corrected chi connectivity index (χ0v) is 21.0. The van der Waals surface area contributed by atoms with E-state index in [2.05, 4.69) is 24.0 Å². The van der Waals surface area contributed by atoms with Crippen molar-refractivity contribution in [2.24, 2.45) is 11.1 Å². The number of carbonyl (C=O) groups is 1. The molecular weight excluding hydrogens is 336 g/mol. The van der Waals surface area contributed by atoms with Gasteiger partial charge in [0.15, 0.2) is 0 Å². The van der Waals surface area contributed by atoms with Gasteiger partial charge in [0.2, 0.25) is 0 Å². The van der Waals surface area contributed by atoms with E-state index in [4.69, 9.17) is 4.84 Å². The van der Waals surface area contributed by atoms with Gasteiger partial charge in [-0.15, -0.1) is 0 Å². The van der Waals surface area contributed by atoms with E-state index in [1.807, 2.05) is 69.2 Å². The van der Waals surface area contributed by atoms with Gasteiger partial charge in [0.05, 0.1) is 5.71 Å². The van der Waals surface area contributed by atoms with Gasteiger partial charge in [-0.3, -0.25) is 0 Å². The number of carbonyl (C=O) groups excluding carboxylic acids is 1. The highest BCUT2D eigenvalue weighted by Crippen LogP contribution is 2.13. The third kappa shape index (κ3) is 36.7. The average Bonchev–Trinajstić information content (AvgIpc) is 2.76. The van der Waals surface area contributed by atoms with Crippen molar-refractivity contribution in [3.63, 3.8) is 0 Å². The fraction of sp³-hybridized carbons (Fsp3) is 0.913. The first-order valence-corrected chi connectivity index (χ1v) is 11.4. The van der Waals surface area contributed by atoms with Gasteiger partial charge in [0.1, 0.15) is 12.9 Å².